The number of thiazole rings is 1. The number of methoxy groups -OCH3 is 1. The lowest BCUT2D eigenvalue weighted by Crippen LogP contribution is -2.33. The maximum Gasteiger partial charge on any atom is 0.223 e. The number of ether oxygens (including phenoxy) is 1. The van der Waals surface area contributed by atoms with Crippen molar-refractivity contribution in [1.82, 2.24) is 10.3 Å². The van der Waals surface area contributed by atoms with Crippen molar-refractivity contribution < 1.29 is 9.53 Å². The molecule has 2 unspecified atom stereocenters. The summed E-state index contributed by atoms with van der Waals surface area (Å²) in [7, 11) is 1.55. The smallest absolute Gasteiger partial charge is 0.223 e. The summed E-state index contributed by atoms with van der Waals surface area (Å²) in [6.45, 7) is 4.25. The van der Waals surface area contributed by atoms with Gasteiger partial charge in [0.2, 0.25) is 5.91 Å². The van der Waals surface area contributed by atoms with E-state index in [2.05, 4.69) is 10.3 Å². The summed E-state index contributed by atoms with van der Waals surface area (Å²) in [4.78, 5) is 17.1. The molecule has 1 heterocycles. The van der Waals surface area contributed by atoms with Crippen LogP contribution in [0.5, 0.6) is 0 Å². The van der Waals surface area contributed by atoms with Crippen molar-refractivity contribution in [3.05, 3.63) is 16.1 Å². The van der Waals surface area contributed by atoms with Crippen LogP contribution in [0.1, 0.15) is 29.3 Å². The molecular formula is C11H19N3O2S. The van der Waals surface area contributed by atoms with Crippen LogP contribution in [0.25, 0.3) is 0 Å². The highest BCUT2D eigenvalue weighted by Gasteiger charge is 2.16. The minimum absolute atomic E-state index is 0.0670. The number of carbonyl (C=O) groups excluding carboxylic acids is 1. The zero-order valence-corrected chi connectivity index (χ0v) is 11.2. The maximum atomic E-state index is 11.7. The molecule has 0 saturated carbocycles. The first-order valence-corrected chi connectivity index (χ1v) is 6.33. The third-order valence-corrected chi connectivity index (χ3v) is 3.49. The number of nitrogens with one attached hydrogen (secondary N) is 1. The van der Waals surface area contributed by atoms with E-state index in [4.69, 9.17) is 10.5 Å². The summed E-state index contributed by atoms with van der Waals surface area (Å²) >= 11 is 1.59. The third kappa shape index (κ3) is 4.41. The fourth-order valence-electron chi connectivity index (χ4n) is 1.40. The van der Waals surface area contributed by atoms with Gasteiger partial charge in [-0.3, -0.25) is 4.79 Å². The van der Waals surface area contributed by atoms with Crippen LogP contribution in [0, 0.1) is 6.92 Å². The number of carbonyl (C=O) groups is 1. The lowest BCUT2D eigenvalue weighted by molar-refractivity contribution is -0.124. The number of aromatic nitrogens is 1. The molecule has 17 heavy (non-hydrogen) atoms. The Morgan fingerprint density at radius 2 is 2.41 bits per heavy atom. The molecule has 0 aromatic carbocycles. The molecule has 0 aliphatic rings. The zero-order valence-electron chi connectivity index (χ0n) is 10.4. The van der Waals surface area contributed by atoms with Crippen LogP contribution in [0.15, 0.2) is 6.20 Å². The average Bonchev–Trinajstić information content (AvgIpc) is 2.72. The van der Waals surface area contributed by atoms with E-state index in [1.54, 1.807) is 24.6 Å². The summed E-state index contributed by atoms with van der Waals surface area (Å²) < 4.78 is 5.06. The van der Waals surface area contributed by atoms with Crippen molar-refractivity contribution in [3.8, 4) is 0 Å². The molecule has 5 nitrogen and oxygen atoms in total. The topological polar surface area (TPSA) is 77.2 Å². The second-order valence-electron chi connectivity index (χ2n) is 3.90. The predicted octanol–water partition coefficient (Wildman–Crippen LogP) is 0.993. The Hall–Kier alpha value is -0.980. The van der Waals surface area contributed by atoms with Gasteiger partial charge in [0.05, 0.1) is 18.6 Å². The SMILES string of the molecule is COC(CN)CC(=O)NC(C)c1ncc(C)s1. The molecule has 1 aromatic heterocycles. The van der Waals surface area contributed by atoms with Gasteiger partial charge < -0.3 is 15.8 Å². The molecule has 0 aliphatic heterocycles. The molecule has 0 saturated heterocycles. The number of nitrogens with zero attached hydrogens (tertiary/aromatic N) is 1. The van der Waals surface area contributed by atoms with Crippen LogP contribution in [-0.2, 0) is 9.53 Å². The van der Waals surface area contributed by atoms with E-state index in [9.17, 15) is 4.79 Å². The molecule has 0 aliphatic carbocycles. The highest BCUT2D eigenvalue weighted by atomic mass is 32.1. The number of aryl methyl sites for hydroxylation is 1. The van der Waals surface area contributed by atoms with Gasteiger partial charge in [0.15, 0.2) is 0 Å². The maximum absolute atomic E-state index is 11.7. The Bertz CT molecular complexity index is 363. The zero-order chi connectivity index (χ0) is 12.8. The van der Waals surface area contributed by atoms with Gasteiger partial charge in [-0.2, -0.15) is 0 Å². The van der Waals surface area contributed by atoms with E-state index in [1.165, 1.54) is 0 Å². The third-order valence-electron chi connectivity index (χ3n) is 2.40. The lowest BCUT2D eigenvalue weighted by Gasteiger charge is -2.15. The quantitative estimate of drug-likeness (QED) is 0.797. The minimum Gasteiger partial charge on any atom is -0.380 e. The highest BCUT2D eigenvalue weighted by Crippen LogP contribution is 2.18. The van der Waals surface area contributed by atoms with Gasteiger partial charge in [-0.1, -0.05) is 0 Å². The van der Waals surface area contributed by atoms with Crippen LogP contribution in [-0.4, -0.2) is 30.6 Å². The van der Waals surface area contributed by atoms with Crippen molar-refractivity contribution in [2.24, 2.45) is 5.73 Å². The second-order valence-corrected chi connectivity index (χ2v) is 5.16. The summed E-state index contributed by atoms with van der Waals surface area (Å²) in [6, 6.07) is -0.0727. The van der Waals surface area contributed by atoms with Gasteiger partial charge in [-0.15, -0.1) is 11.3 Å². The first kappa shape index (κ1) is 14.1. The van der Waals surface area contributed by atoms with Crippen molar-refractivity contribution in [3.63, 3.8) is 0 Å². The summed E-state index contributed by atoms with van der Waals surface area (Å²) in [6.07, 6.45) is 1.86. The molecule has 2 atom stereocenters. The minimum atomic E-state index is -0.222. The molecule has 6 heteroatoms. The monoisotopic (exact) mass is 257 g/mol. The van der Waals surface area contributed by atoms with Gasteiger partial charge in [-0.05, 0) is 13.8 Å². The predicted molar refractivity (Wildman–Crippen MR) is 67.9 cm³/mol. The van der Waals surface area contributed by atoms with Crippen molar-refractivity contribution >= 4 is 17.2 Å². The highest BCUT2D eigenvalue weighted by molar-refractivity contribution is 7.11. The van der Waals surface area contributed by atoms with E-state index >= 15 is 0 Å². The normalized spacial score (nSPS) is 14.4. The van der Waals surface area contributed by atoms with Crippen molar-refractivity contribution in [2.75, 3.05) is 13.7 Å². The van der Waals surface area contributed by atoms with Gasteiger partial charge in [0, 0.05) is 24.7 Å². The molecule has 1 amide bonds. The van der Waals surface area contributed by atoms with Crippen LogP contribution >= 0.6 is 11.3 Å². The Kier molecular flexibility index (Phi) is 5.54. The Morgan fingerprint density at radius 1 is 1.71 bits per heavy atom. The first-order chi connectivity index (χ1) is 8.06. The molecule has 1 rings (SSSR count). The summed E-state index contributed by atoms with van der Waals surface area (Å²) in [5, 5.41) is 3.80. The first-order valence-electron chi connectivity index (χ1n) is 5.51. The number of amides is 1. The average molecular weight is 257 g/mol. The molecule has 1 aromatic rings. The number of hydrogen-bond donors (Lipinski definition) is 2. The van der Waals surface area contributed by atoms with Gasteiger partial charge in [-0.25, -0.2) is 4.98 Å². The Labute approximate surface area is 105 Å². The number of rotatable bonds is 6. The number of hydrogen-bond acceptors (Lipinski definition) is 5. The summed E-state index contributed by atoms with van der Waals surface area (Å²) in [5.74, 6) is -0.0670. The molecule has 96 valence electrons. The molecule has 0 spiro atoms. The van der Waals surface area contributed by atoms with Crippen LogP contribution < -0.4 is 11.1 Å². The molecular weight excluding hydrogens is 238 g/mol. The van der Waals surface area contributed by atoms with Gasteiger partial charge in [0.25, 0.3) is 0 Å². The molecule has 3 N–H and O–H groups in total. The van der Waals surface area contributed by atoms with E-state index in [1.807, 2.05) is 13.8 Å². The standard InChI is InChI=1S/C11H19N3O2S/c1-7-6-13-11(17-7)8(2)14-10(15)4-9(5-12)16-3/h6,8-9H,4-5,12H2,1-3H3,(H,14,15). The van der Waals surface area contributed by atoms with Gasteiger partial charge in [0.1, 0.15) is 5.01 Å². The summed E-state index contributed by atoms with van der Waals surface area (Å²) in [5.41, 5.74) is 5.46. The lowest BCUT2D eigenvalue weighted by atomic mass is 10.2. The van der Waals surface area contributed by atoms with E-state index in [0.717, 1.165) is 9.88 Å². The fraction of sp³-hybridized carbons (Fsp3) is 0.636. The van der Waals surface area contributed by atoms with Gasteiger partial charge >= 0.3 is 0 Å². The number of nitrogens with two attached hydrogens (primary N) is 1. The fourth-order valence-corrected chi connectivity index (χ4v) is 2.18. The Morgan fingerprint density at radius 3 is 2.88 bits per heavy atom. The second kappa shape index (κ2) is 6.68. The molecule has 0 radical (unpaired) electrons. The molecule has 0 fully saturated rings. The van der Waals surface area contributed by atoms with E-state index in [-0.39, 0.29) is 24.5 Å². The van der Waals surface area contributed by atoms with Crippen LogP contribution in [0.2, 0.25) is 0 Å². The van der Waals surface area contributed by atoms with Crippen LogP contribution in [0.3, 0.4) is 0 Å². The molecule has 0 bridgehead atoms. The van der Waals surface area contributed by atoms with Crippen LogP contribution in [0.4, 0.5) is 0 Å². The largest absolute Gasteiger partial charge is 0.380 e. The van der Waals surface area contributed by atoms with Crippen molar-refractivity contribution in [2.45, 2.75) is 32.4 Å². The Balaban J connectivity index is 2.45. The van der Waals surface area contributed by atoms with E-state index in [0.29, 0.717) is 6.54 Å². The van der Waals surface area contributed by atoms with E-state index < -0.39 is 0 Å². The van der Waals surface area contributed by atoms with Crippen molar-refractivity contribution in [1.29, 1.82) is 0 Å².